The Bertz CT molecular complexity index is 373. The summed E-state index contributed by atoms with van der Waals surface area (Å²) in [6, 6.07) is 8.78. The monoisotopic (exact) mass is 233 g/mol. The molecule has 0 saturated carbocycles. The first-order valence-corrected chi connectivity index (χ1v) is 6.05. The highest BCUT2D eigenvalue weighted by Crippen LogP contribution is 2.08. The van der Waals surface area contributed by atoms with Crippen LogP contribution in [0.15, 0.2) is 30.3 Å². The minimum absolute atomic E-state index is 0.109. The first kappa shape index (κ1) is 13.4. The van der Waals surface area contributed by atoms with E-state index in [9.17, 15) is 9.59 Å². The smallest absolute Gasteiger partial charge is 0.257 e. The number of carbonyl (C=O) groups is 2. The zero-order valence-corrected chi connectivity index (χ0v) is 10.4. The van der Waals surface area contributed by atoms with Gasteiger partial charge in [-0.15, -0.1) is 0 Å². The highest BCUT2D eigenvalue weighted by molar-refractivity contribution is 6.05. The fourth-order valence-electron chi connectivity index (χ4n) is 1.54. The summed E-state index contributed by atoms with van der Waals surface area (Å²) in [7, 11) is 0. The maximum atomic E-state index is 11.7. The standard InChI is InChI=1S/C14H19NO2/c1-3-4-8-11(2)13(16)15-14(17)12-9-6-5-7-10-12/h5-7,9-11H,3-4,8H2,1-2H3,(H,15,16,17). The third-order valence-corrected chi connectivity index (χ3v) is 2.71. The van der Waals surface area contributed by atoms with Crippen LogP contribution in [0, 0.1) is 5.92 Å². The molecule has 1 atom stereocenters. The average molecular weight is 233 g/mol. The van der Waals surface area contributed by atoms with Crippen molar-refractivity contribution in [2.24, 2.45) is 5.92 Å². The molecule has 0 heterocycles. The molecule has 1 N–H and O–H groups in total. The van der Waals surface area contributed by atoms with Crippen LogP contribution >= 0.6 is 0 Å². The number of nitrogens with one attached hydrogen (secondary N) is 1. The molecule has 2 amide bonds. The topological polar surface area (TPSA) is 46.2 Å². The van der Waals surface area contributed by atoms with Crippen LogP contribution in [0.25, 0.3) is 0 Å². The number of hydrogen-bond acceptors (Lipinski definition) is 2. The zero-order chi connectivity index (χ0) is 12.7. The minimum atomic E-state index is -0.320. The highest BCUT2D eigenvalue weighted by Gasteiger charge is 2.15. The highest BCUT2D eigenvalue weighted by atomic mass is 16.2. The molecule has 0 aliphatic rings. The molecule has 1 aromatic carbocycles. The molecule has 0 saturated heterocycles. The van der Waals surface area contributed by atoms with Crippen molar-refractivity contribution >= 4 is 11.8 Å². The van der Waals surface area contributed by atoms with E-state index >= 15 is 0 Å². The molecule has 0 aromatic heterocycles. The van der Waals surface area contributed by atoms with Gasteiger partial charge in [0, 0.05) is 11.5 Å². The van der Waals surface area contributed by atoms with Crippen LogP contribution in [0.2, 0.25) is 0 Å². The fraction of sp³-hybridized carbons (Fsp3) is 0.429. The second kappa shape index (κ2) is 6.84. The summed E-state index contributed by atoms with van der Waals surface area (Å²) in [5.41, 5.74) is 0.517. The van der Waals surface area contributed by atoms with Gasteiger partial charge in [-0.25, -0.2) is 0 Å². The number of benzene rings is 1. The summed E-state index contributed by atoms with van der Waals surface area (Å²) in [5, 5.41) is 2.43. The summed E-state index contributed by atoms with van der Waals surface area (Å²) >= 11 is 0. The van der Waals surface area contributed by atoms with E-state index in [4.69, 9.17) is 0 Å². The molecule has 17 heavy (non-hydrogen) atoms. The Hall–Kier alpha value is -1.64. The molecule has 1 rings (SSSR count). The first-order valence-electron chi connectivity index (χ1n) is 6.05. The number of carbonyl (C=O) groups excluding carboxylic acids is 2. The second-order valence-electron chi connectivity index (χ2n) is 4.23. The molecule has 0 radical (unpaired) electrons. The lowest BCUT2D eigenvalue weighted by atomic mass is 10.0. The Morgan fingerprint density at radius 2 is 1.88 bits per heavy atom. The van der Waals surface area contributed by atoms with Crippen LogP contribution in [-0.2, 0) is 4.79 Å². The van der Waals surface area contributed by atoms with Gasteiger partial charge in [0.15, 0.2) is 0 Å². The van der Waals surface area contributed by atoms with Crippen LogP contribution in [0.3, 0.4) is 0 Å². The lowest BCUT2D eigenvalue weighted by Crippen LogP contribution is -2.34. The Kier molecular flexibility index (Phi) is 5.40. The van der Waals surface area contributed by atoms with Gasteiger partial charge in [0.2, 0.25) is 5.91 Å². The molecule has 0 aliphatic heterocycles. The predicted molar refractivity (Wildman–Crippen MR) is 67.6 cm³/mol. The van der Waals surface area contributed by atoms with E-state index < -0.39 is 0 Å². The van der Waals surface area contributed by atoms with E-state index in [1.807, 2.05) is 13.0 Å². The summed E-state index contributed by atoms with van der Waals surface area (Å²) in [4.78, 5) is 23.4. The largest absolute Gasteiger partial charge is 0.292 e. The molecular weight excluding hydrogens is 214 g/mol. The maximum absolute atomic E-state index is 11.7. The van der Waals surface area contributed by atoms with Gasteiger partial charge in [0.05, 0.1) is 0 Å². The maximum Gasteiger partial charge on any atom is 0.257 e. The van der Waals surface area contributed by atoms with Gasteiger partial charge < -0.3 is 0 Å². The molecular formula is C14H19NO2. The summed E-state index contributed by atoms with van der Waals surface area (Å²) in [5.74, 6) is -0.617. The third kappa shape index (κ3) is 4.39. The molecule has 0 fully saturated rings. The molecule has 0 bridgehead atoms. The first-order chi connectivity index (χ1) is 8.15. The quantitative estimate of drug-likeness (QED) is 0.850. The normalized spacial score (nSPS) is 11.9. The lowest BCUT2D eigenvalue weighted by Gasteiger charge is -2.10. The van der Waals surface area contributed by atoms with Crippen molar-refractivity contribution in [3.8, 4) is 0 Å². The van der Waals surface area contributed by atoms with E-state index in [0.29, 0.717) is 5.56 Å². The van der Waals surface area contributed by atoms with Crippen molar-refractivity contribution < 1.29 is 9.59 Å². The predicted octanol–water partition coefficient (Wildman–Crippen LogP) is 2.77. The van der Waals surface area contributed by atoms with Gasteiger partial charge in [-0.3, -0.25) is 14.9 Å². The SMILES string of the molecule is CCCCC(C)C(=O)NC(=O)c1ccccc1. The van der Waals surface area contributed by atoms with E-state index in [1.165, 1.54) is 0 Å². The van der Waals surface area contributed by atoms with E-state index in [0.717, 1.165) is 19.3 Å². The number of unbranched alkanes of at least 4 members (excludes halogenated alkanes) is 1. The summed E-state index contributed by atoms with van der Waals surface area (Å²) in [6.07, 6.45) is 2.89. The molecule has 0 spiro atoms. The fourth-order valence-corrected chi connectivity index (χ4v) is 1.54. The molecule has 3 nitrogen and oxygen atoms in total. The average Bonchev–Trinajstić information content (AvgIpc) is 2.36. The molecule has 0 aliphatic carbocycles. The van der Waals surface area contributed by atoms with Crippen molar-refractivity contribution in [3.63, 3.8) is 0 Å². The van der Waals surface area contributed by atoms with Crippen molar-refractivity contribution in [3.05, 3.63) is 35.9 Å². The summed E-state index contributed by atoms with van der Waals surface area (Å²) < 4.78 is 0. The Morgan fingerprint density at radius 1 is 1.24 bits per heavy atom. The lowest BCUT2D eigenvalue weighted by molar-refractivity contribution is -0.123. The molecule has 1 aromatic rings. The van der Waals surface area contributed by atoms with Crippen LogP contribution < -0.4 is 5.32 Å². The van der Waals surface area contributed by atoms with Crippen LogP contribution in [0.5, 0.6) is 0 Å². The van der Waals surface area contributed by atoms with Crippen molar-refractivity contribution in [1.29, 1.82) is 0 Å². The third-order valence-electron chi connectivity index (χ3n) is 2.71. The van der Waals surface area contributed by atoms with Crippen LogP contribution in [0.4, 0.5) is 0 Å². The minimum Gasteiger partial charge on any atom is -0.292 e. The Balaban J connectivity index is 2.49. The Morgan fingerprint density at radius 3 is 2.47 bits per heavy atom. The van der Waals surface area contributed by atoms with Gasteiger partial charge >= 0.3 is 0 Å². The van der Waals surface area contributed by atoms with E-state index in [1.54, 1.807) is 24.3 Å². The van der Waals surface area contributed by atoms with Gasteiger partial charge in [-0.1, -0.05) is 44.9 Å². The number of imide groups is 1. The second-order valence-corrected chi connectivity index (χ2v) is 4.23. The van der Waals surface area contributed by atoms with Crippen molar-refractivity contribution in [1.82, 2.24) is 5.32 Å². The van der Waals surface area contributed by atoms with Crippen LogP contribution in [-0.4, -0.2) is 11.8 Å². The molecule has 92 valence electrons. The molecule has 3 heteroatoms. The van der Waals surface area contributed by atoms with E-state index in [-0.39, 0.29) is 17.7 Å². The van der Waals surface area contributed by atoms with Gasteiger partial charge in [-0.05, 0) is 18.6 Å². The van der Waals surface area contributed by atoms with Gasteiger partial charge in [0.25, 0.3) is 5.91 Å². The molecule has 1 unspecified atom stereocenters. The van der Waals surface area contributed by atoms with Crippen molar-refractivity contribution in [2.75, 3.05) is 0 Å². The number of amides is 2. The van der Waals surface area contributed by atoms with Gasteiger partial charge in [-0.2, -0.15) is 0 Å². The van der Waals surface area contributed by atoms with Gasteiger partial charge in [0.1, 0.15) is 0 Å². The number of rotatable bonds is 5. The number of hydrogen-bond donors (Lipinski definition) is 1. The summed E-state index contributed by atoms with van der Waals surface area (Å²) in [6.45, 7) is 3.93. The van der Waals surface area contributed by atoms with Crippen molar-refractivity contribution in [2.45, 2.75) is 33.1 Å². The van der Waals surface area contributed by atoms with Crippen LogP contribution in [0.1, 0.15) is 43.5 Å². The zero-order valence-electron chi connectivity index (χ0n) is 10.4. The Labute approximate surface area is 102 Å². The van der Waals surface area contributed by atoms with E-state index in [2.05, 4.69) is 12.2 Å².